The standard InChI is InChI=1S/C13H16N2O/c1-15-8-7-12(10-15)13(16)14-9-11-5-3-2-4-6-11/h2-7H,8-10H2,1H3,(H,14,16). The van der Waals surface area contributed by atoms with E-state index in [-0.39, 0.29) is 5.91 Å². The Hall–Kier alpha value is -1.61. The third kappa shape index (κ3) is 2.70. The van der Waals surface area contributed by atoms with Crippen molar-refractivity contribution in [2.24, 2.45) is 0 Å². The molecule has 3 heteroatoms. The molecule has 0 atom stereocenters. The first-order valence-electron chi connectivity index (χ1n) is 5.45. The number of amides is 1. The largest absolute Gasteiger partial charge is 0.348 e. The Morgan fingerprint density at radius 1 is 1.38 bits per heavy atom. The average Bonchev–Trinajstić information content (AvgIpc) is 2.74. The SMILES string of the molecule is CN1CC=C(C(=O)NCc2ccccc2)C1. The summed E-state index contributed by atoms with van der Waals surface area (Å²) in [5.74, 6) is 0.0493. The molecule has 0 aromatic heterocycles. The van der Waals surface area contributed by atoms with Gasteiger partial charge in [0.05, 0.1) is 0 Å². The number of nitrogens with zero attached hydrogens (tertiary/aromatic N) is 1. The zero-order valence-corrected chi connectivity index (χ0v) is 9.44. The minimum absolute atomic E-state index is 0.0493. The maximum atomic E-state index is 11.8. The Kier molecular flexibility index (Phi) is 3.37. The van der Waals surface area contributed by atoms with Gasteiger partial charge >= 0.3 is 0 Å². The summed E-state index contributed by atoms with van der Waals surface area (Å²) in [6.07, 6.45) is 1.99. The van der Waals surface area contributed by atoms with Crippen LogP contribution in [-0.2, 0) is 11.3 Å². The van der Waals surface area contributed by atoms with Crippen molar-refractivity contribution in [1.82, 2.24) is 10.2 Å². The van der Waals surface area contributed by atoms with Gasteiger partial charge in [-0.05, 0) is 12.6 Å². The van der Waals surface area contributed by atoms with Crippen molar-refractivity contribution in [3.8, 4) is 0 Å². The number of hydrogen-bond acceptors (Lipinski definition) is 2. The second-order valence-electron chi connectivity index (χ2n) is 4.09. The number of nitrogens with one attached hydrogen (secondary N) is 1. The summed E-state index contributed by atoms with van der Waals surface area (Å²) >= 11 is 0. The average molecular weight is 216 g/mol. The summed E-state index contributed by atoms with van der Waals surface area (Å²) in [5, 5.41) is 2.93. The highest BCUT2D eigenvalue weighted by molar-refractivity contribution is 5.94. The second-order valence-corrected chi connectivity index (χ2v) is 4.09. The van der Waals surface area contributed by atoms with Crippen molar-refractivity contribution in [1.29, 1.82) is 0 Å². The van der Waals surface area contributed by atoms with Crippen LogP contribution < -0.4 is 5.32 Å². The lowest BCUT2D eigenvalue weighted by atomic mass is 10.2. The highest BCUT2D eigenvalue weighted by atomic mass is 16.1. The van der Waals surface area contributed by atoms with Gasteiger partial charge in [0.15, 0.2) is 0 Å². The first-order valence-corrected chi connectivity index (χ1v) is 5.45. The molecule has 0 spiro atoms. The highest BCUT2D eigenvalue weighted by Crippen LogP contribution is 2.07. The molecule has 0 unspecified atom stereocenters. The van der Waals surface area contributed by atoms with Crippen molar-refractivity contribution >= 4 is 5.91 Å². The molecule has 0 bridgehead atoms. The monoisotopic (exact) mass is 216 g/mol. The van der Waals surface area contributed by atoms with Crippen LogP contribution in [0, 0.1) is 0 Å². The Labute approximate surface area is 95.8 Å². The summed E-state index contributed by atoms with van der Waals surface area (Å²) in [4.78, 5) is 13.9. The zero-order chi connectivity index (χ0) is 11.4. The van der Waals surface area contributed by atoms with Gasteiger partial charge < -0.3 is 5.32 Å². The van der Waals surface area contributed by atoms with Gasteiger partial charge in [0.2, 0.25) is 5.91 Å². The van der Waals surface area contributed by atoms with Crippen LogP contribution in [-0.4, -0.2) is 30.9 Å². The van der Waals surface area contributed by atoms with Crippen molar-refractivity contribution in [3.05, 3.63) is 47.5 Å². The molecular weight excluding hydrogens is 200 g/mol. The molecule has 2 rings (SSSR count). The van der Waals surface area contributed by atoms with Crippen molar-refractivity contribution < 1.29 is 4.79 Å². The van der Waals surface area contributed by atoms with E-state index in [4.69, 9.17) is 0 Å². The van der Waals surface area contributed by atoms with Crippen LogP contribution in [0.4, 0.5) is 0 Å². The predicted octanol–water partition coefficient (Wildman–Crippen LogP) is 1.17. The smallest absolute Gasteiger partial charge is 0.248 e. The third-order valence-corrected chi connectivity index (χ3v) is 2.68. The van der Waals surface area contributed by atoms with Gasteiger partial charge in [-0.3, -0.25) is 9.69 Å². The number of carbonyl (C=O) groups excluding carboxylic acids is 1. The van der Waals surface area contributed by atoms with Gasteiger partial charge in [-0.1, -0.05) is 36.4 Å². The molecule has 1 N–H and O–H groups in total. The van der Waals surface area contributed by atoms with Gasteiger partial charge in [-0.2, -0.15) is 0 Å². The summed E-state index contributed by atoms with van der Waals surface area (Å²) in [5.41, 5.74) is 2.00. The fourth-order valence-electron chi connectivity index (χ4n) is 1.74. The van der Waals surface area contributed by atoms with Gasteiger partial charge in [0.1, 0.15) is 0 Å². The minimum atomic E-state index is 0.0493. The molecule has 84 valence electrons. The molecule has 0 aliphatic carbocycles. The van der Waals surface area contributed by atoms with E-state index >= 15 is 0 Å². The fourth-order valence-corrected chi connectivity index (χ4v) is 1.74. The predicted molar refractivity (Wildman–Crippen MR) is 63.9 cm³/mol. The van der Waals surface area contributed by atoms with Crippen LogP contribution in [0.1, 0.15) is 5.56 Å². The quantitative estimate of drug-likeness (QED) is 0.822. The van der Waals surface area contributed by atoms with E-state index in [1.165, 1.54) is 0 Å². The molecule has 3 nitrogen and oxygen atoms in total. The van der Waals surface area contributed by atoms with E-state index < -0.39 is 0 Å². The first kappa shape index (κ1) is 10.9. The molecule has 0 saturated heterocycles. The Bertz CT molecular complexity index is 398. The molecule has 16 heavy (non-hydrogen) atoms. The second kappa shape index (κ2) is 4.94. The molecule has 0 saturated carbocycles. The van der Waals surface area contributed by atoms with E-state index in [1.807, 2.05) is 43.5 Å². The number of rotatable bonds is 3. The zero-order valence-electron chi connectivity index (χ0n) is 9.44. The normalized spacial score (nSPS) is 15.9. The summed E-state index contributed by atoms with van der Waals surface area (Å²) in [6.45, 7) is 2.22. The van der Waals surface area contributed by atoms with Crippen LogP contribution in [0.2, 0.25) is 0 Å². The highest BCUT2D eigenvalue weighted by Gasteiger charge is 2.16. The Morgan fingerprint density at radius 3 is 2.75 bits per heavy atom. The molecule has 0 fully saturated rings. The number of hydrogen-bond donors (Lipinski definition) is 1. The van der Waals surface area contributed by atoms with E-state index in [0.717, 1.165) is 24.2 Å². The van der Waals surface area contributed by atoms with Gasteiger partial charge in [0, 0.05) is 25.2 Å². The van der Waals surface area contributed by atoms with Gasteiger partial charge in [-0.25, -0.2) is 0 Å². The summed E-state index contributed by atoms with van der Waals surface area (Å²) in [6, 6.07) is 9.94. The summed E-state index contributed by atoms with van der Waals surface area (Å²) < 4.78 is 0. The molecule has 0 radical (unpaired) electrons. The van der Waals surface area contributed by atoms with E-state index in [2.05, 4.69) is 10.2 Å². The molecule has 1 aromatic carbocycles. The van der Waals surface area contributed by atoms with Crippen molar-refractivity contribution in [2.75, 3.05) is 20.1 Å². The van der Waals surface area contributed by atoms with Gasteiger partial charge in [0.25, 0.3) is 0 Å². The van der Waals surface area contributed by atoms with E-state index in [1.54, 1.807) is 0 Å². The topological polar surface area (TPSA) is 32.3 Å². The Balaban J connectivity index is 1.85. The van der Waals surface area contributed by atoms with Crippen LogP contribution >= 0.6 is 0 Å². The first-order chi connectivity index (χ1) is 7.75. The van der Waals surface area contributed by atoms with Crippen LogP contribution in [0.5, 0.6) is 0 Å². The van der Waals surface area contributed by atoms with Crippen LogP contribution in [0.15, 0.2) is 42.0 Å². The maximum absolute atomic E-state index is 11.8. The van der Waals surface area contributed by atoms with Crippen LogP contribution in [0.3, 0.4) is 0 Å². The van der Waals surface area contributed by atoms with E-state index in [9.17, 15) is 4.79 Å². The van der Waals surface area contributed by atoms with Crippen molar-refractivity contribution in [2.45, 2.75) is 6.54 Å². The molecule has 1 aliphatic rings. The minimum Gasteiger partial charge on any atom is -0.348 e. The van der Waals surface area contributed by atoms with E-state index in [0.29, 0.717) is 6.54 Å². The number of benzene rings is 1. The van der Waals surface area contributed by atoms with Crippen molar-refractivity contribution in [3.63, 3.8) is 0 Å². The molecular formula is C13H16N2O. The number of carbonyl (C=O) groups is 1. The van der Waals surface area contributed by atoms with Gasteiger partial charge in [-0.15, -0.1) is 0 Å². The Morgan fingerprint density at radius 2 is 2.12 bits per heavy atom. The lowest BCUT2D eigenvalue weighted by Crippen LogP contribution is -2.27. The molecule has 1 aliphatic heterocycles. The molecule has 1 amide bonds. The lowest BCUT2D eigenvalue weighted by molar-refractivity contribution is -0.117. The lowest BCUT2D eigenvalue weighted by Gasteiger charge is -2.08. The molecule has 1 heterocycles. The summed E-state index contributed by atoms with van der Waals surface area (Å²) in [7, 11) is 2.01. The fraction of sp³-hybridized carbons (Fsp3) is 0.308. The molecule has 1 aromatic rings. The van der Waals surface area contributed by atoms with Crippen LogP contribution in [0.25, 0.3) is 0 Å². The number of likely N-dealkylation sites (N-methyl/N-ethyl adjacent to an activating group) is 1. The maximum Gasteiger partial charge on any atom is 0.248 e. The third-order valence-electron chi connectivity index (χ3n) is 2.68.